The van der Waals surface area contributed by atoms with E-state index in [1.165, 1.54) is 17.4 Å². The molecule has 3 aromatic rings. The number of hydrogen-bond donors (Lipinski definition) is 1. The van der Waals surface area contributed by atoms with Gasteiger partial charge in [0.2, 0.25) is 15.0 Å². The fraction of sp³-hybridized carbons (Fsp3) is 0.458. The van der Waals surface area contributed by atoms with Crippen molar-refractivity contribution in [3.05, 3.63) is 68.6 Å². The molecule has 1 aromatic carbocycles. The summed E-state index contributed by atoms with van der Waals surface area (Å²) in [6.07, 6.45) is 1.36. The monoisotopic (exact) mass is 520 g/mol. The number of benzene rings is 1. The lowest BCUT2D eigenvalue weighted by Gasteiger charge is -2.27. The predicted octanol–water partition coefficient (Wildman–Crippen LogP) is 3.91. The van der Waals surface area contributed by atoms with Crippen LogP contribution < -0.4 is 10.3 Å². The molecule has 0 saturated heterocycles. The van der Waals surface area contributed by atoms with Gasteiger partial charge >= 0.3 is 0 Å². The first kappa shape index (κ1) is 24.2. The van der Waals surface area contributed by atoms with Crippen LogP contribution in [0.15, 0.2) is 34.4 Å². The number of alkyl halides is 1. The molecule has 7 nitrogen and oxygen atoms in total. The highest BCUT2D eigenvalue weighted by Gasteiger charge is 2.56. The smallest absolute Gasteiger partial charge is 0.257 e. The Morgan fingerprint density at radius 2 is 2.00 bits per heavy atom. The molecule has 2 heterocycles. The zero-order chi connectivity index (χ0) is 25.0. The van der Waals surface area contributed by atoms with E-state index in [2.05, 4.69) is 9.71 Å². The quantitative estimate of drug-likeness (QED) is 0.510. The number of sulfonamides is 1. The molecular weight excluding hydrogens is 494 g/mol. The number of nitrogens with one attached hydrogen (secondary N) is 1. The van der Waals surface area contributed by atoms with Gasteiger partial charge in [0.05, 0.1) is 11.4 Å². The number of halogens is 2. The fourth-order valence-electron chi connectivity index (χ4n) is 4.49. The molecule has 5 rings (SSSR count). The van der Waals surface area contributed by atoms with Crippen LogP contribution in [0, 0.1) is 5.82 Å². The average Bonchev–Trinajstić information content (AvgIpc) is 3.40. The second-order valence-corrected chi connectivity index (χ2v) is 12.3. The Morgan fingerprint density at radius 1 is 1.26 bits per heavy atom. The Balaban J connectivity index is 1.43. The fourth-order valence-corrected chi connectivity index (χ4v) is 6.83. The number of aromatic nitrogens is 3. The van der Waals surface area contributed by atoms with Gasteiger partial charge in [-0.2, -0.15) is 0 Å². The van der Waals surface area contributed by atoms with Gasteiger partial charge in [-0.25, -0.2) is 31.9 Å². The molecule has 0 aliphatic heterocycles. The zero-order valence-corrected chi connectivity index (χ0v) is 21.1. The van der Waals surface area contributed by atoms with E-state index in [9.17, 15) is 22.0 Å². The number of aryl methyl sites for hydroxylation is 1. The van der Waals surface area contributed by atoms with Crippen molar-refractivity contribution in [1.29, 1.82) is 0 Å². The van der Waals surface area contributed by atoms with Crippen LogP contribution in [0.1, 0.15) is 61.9 Å². The maximum absolute atomic E-state index is 14.2. The van der Waals surface area contributed by atoms with Crippen molar-refractivity contribution >= 4 is 21.4 Å². The van der Waals surface area contributed by atoms with Crippen LogP contribution in [0.4, 0.5) is 8.78 Å². The second-order valence-electron chi connectivity index (χ2n) is 9.47. The summed E-state index contributed by atoms with van der Waals surface area (Å²) in [5.41, 5.74) is 2.01. The van der Waals surface area contributed by atoms with Crippen LogP contribution in [0.2, 0.25) is 0 Å². The van der Waals surface area contributed by atoms with Crippen LogP contribution in [0.25, 0.3) is 10.6 Å². The van der Waals surface area contributed by atoms with Gasteiger partial charge in [0.25, 0.3) is 5.56 Å². The normalized spacial score (nSPS) is 19.1. The minimum Gasteiger partial charge on any atom is -0.294 e. The molecule has 0 amide bonds. The Labute approximate surface area is 206 Å². The van der Waals surface area contributed by atoms with Crippen molar-refractivity contribution in [2.45, 2.75) is 69.5 Å². The van der Waals surface area contributed by atoms with Gasteiger partial charge in [0.1, 0.15) is 16.6 Å². The van der Waals surface area contributed by atoms with Gasteiger partial charge < -0.3 is 0 Å². The molecule has 1 saturated carbocycles. The number of nitrogens with zero attached hydrogens (tertiary/aromatic N) is 3. The molecule has 0 unspecified atom stereocenters. The molecule has 0 spiro atoms. The van der Waals surface area contributed by atoms with Crippen molar-refractivity contribution in [3.63, 3.8) is 0 Å². The molecule has 186 valence electrons. The van der Waals surface area contributed by atoms with E-state index in [1.807, 2.05) is 19.2 Å². The van der Waals surface area contributed by atoms with Crippen LogP contribution in [-0.4, -0.2) is 34.0 Å². The number of thiazole rings is 1. The number of rotatable bonds is 7. The van der Waals surface area contributed by atoms with Crippen LogP contribution in [0.5, 0.6) is 0 Å². The lowest BCUT2D eigenvalue weighted by Crippen LogP contribution is -2.45. The van der Waals surface area contributed by atoms with Crippen LogP contribution in [0.3, 0.4) is 0 Å². The van der Waals surface area contributed by atoms with Crippen molar-refractivity contribution in [2.24, 2.45) is 0 Å². The largest absolute Gasteiger partial charge is 0.294 e. The first-order chi connectivity index (χ1) is 16.6. The summed E-state index contributed by atoms with van der Waals surface area (Å²) in [7, 11) is -4.08. The van der Waals surface area contributed by atoms with E-state index < -0.39 is 21.1 Å². The summed E-state index contributed by atoms with van der Waals surface area (Å²) in [6.45, 7) is 3.77. The van der Waals surface area contributed by atoms with Crippen LogP contribution in [-0.2, 0) is 29.3 Å². The van der Waals surface area contributed by atoms with E-state index in [-0.39, 0.29) is 36.7 Å². The van der Waals surface area contributed by atoms with Gasteiger partial charge in [-0.3, -0.25) is 9.36 Å². The van der Waals surface area contributed by atoms with Gasteiger partial charge in [-0.15, -0.1) is 11.3 Å². The Hall–Kier alpha value is -2.50. The van der Waals surface area contributed by atoms with E-state index in [0.29, 0.717) is 52.6 Å². The topological polar surface area (TPSA) is 93.9 Å². The summed E-state index contributed by atoms with van der Waals surface area (Å²) in [5.74, 6) is 0.221. The van der Waals surface area contributed by atoms with Gasteiger partial charge in [-0.05, 0) is 45.2 Å². The van der Waals surface area contributed by atoms with Crippen molar-refractivity contribution in [1.82, 2.24) is 19.3 Å². The molecule has 35 heavy (non-hydrogen) atoms. The first-order valence-corrected chi connectivity index (χ1v) is 14.0. The van der Waals surface area contributed by atoms with Gasteiger partial charge in [0, 0.05) is 47.9 Å². The summed E-state index contributed by atoms with van der Waals surface area (Å²) in [4.78, 5) is 22.8. The van der Waals surface area contributed by atoms with Crippen molar-refractivity contribution < 1.29 is 17.2 Å². The Kier molecular flexibility index (Phi) is 6.13. The first-order valence-electron chi connectivity index (χ1n) is 11.6. The number of fused-ring (bicyclic) bond motifs is 1. The van der Waals surface area contributed by atoms with Gasteiger partial charge in [0.15, 0.2) is 0 Å². The molecule has 1 N–H and O–H groups in total. The van der Waals surface area contributed by atoms with Crippen molar-refractivity contribution in [3.8, 4) is 10.6 Å². The Bertz CT molecular complexity index is 1450. The average molecular weight is 521 g/mol. The maximum atomic E-state index is 14.2. The zero-order valence-electron chi connectivity index (χ0n) is 19.4. The minimum absolute atomic E-state index is 0.00591. The summed E-state index contributed by atoms with van der Waals surface area (Å²) in [5, 5.41) is 0.224. The molecule has 1 atom stereocenters. The standard InChI is InChI=1S/C24H26F2N4O3S2/c1-14(2)30-21(12-16-13-34-22(27-16)17-5-3-4-6-19(17)25)28-20-8-7-15(11-18(20)23(30)31)29-35(32,33)24(26)9-10-24/h3-6,13-15,29H,7-12H2,1-2H3/t15-/m0/s1. The van der Waals surface area contributed by atoms with E-state index in [4.69, 9.17) is 4.98 Å². The van der Waals surface area contributed by atoms with E-state index in [1.54, 1.807) is 22.8 Å². The summed E-state index contributed by atoms with van der Waals surface area (Å²) >= 11 is 1.33. The van der Waals surface area contributed by atoms with Gasteiger partial charge in [-0.1, -0.05) is 12.1 Å². The predicted molar refractivity (Wildman–Crippen MR) is 130 cm³/mol. The highest BCUT2D eigenvalue weighted by Crippen LogP contribution is 2.44. The molecule has 11 heteroatoms. The maximum Gasteiger partial charge on any atom is 0.257 e. The summed E-state index contributed by atoms with van der Waals surface area (Å²) in [6, 6.07) is 5.73. The SMILES string of the molecule is CC(C)n1c(Cc2csc(-c3ccccc3F)n2)nc2c(c1=O)C[C@@H](NS(=O)(=O)C1(F)CC1)CC2. The third-order valence-corrected chi connectivity index (χ3v) is 9.45. The summed E-state index contributed by atoms with van der Waals surface area (Å²) < 4.78 is 57.1. The highest BCUT2D eigenvalue weighted by molar-refractivity contribution is 7.91. The highest BCUT2D eigenvalue weighted by atomic mass is 32.2. The molecular formula is C24H26F2N4O3S2. The van der Waals surface area contributed by atoms with E-state index >= 15 is 0 Å². The number of hydrogen-bond acceptors (Lipinski definition) is 6. The third kappa shape index (κ3) is 4.56. The lowest BCUT2D eigenvalue weighted by atomic mass is 9.93. The molecule has 2 aliphatic carbocycles. The minimum atomic E-state index is -4.08. The van der Waals surface area contributed by atoms with Crippen LogP contribution >= 0.6 is 11.3 Å². The molecule has 1 fully saturated rings. The molecule has 2 aromatic heterocycles. The lowest BCUT2D eigenvalue weighted by molar-refractivity contribution is 0.387. The second kappa shape index (κ2) is 8.86. The molecule has 0 radical (unpaired) electrons. The Morgan fingerprint density at radius 3 is 2.69 bits per heavy atom. The molecule has 0 bridgehead atoms. The third-order valence-electron chi connectivity index (χ3n) is 6.51. The molecule has 2 aliphatic rings. The van der Waals surface area contributed by atoms with Crippen molar-refractivity contribution in [2.75, 3.05) is 0 Å². The van der Waals surface area contributed by atoms with E-state index in [0.717, 1.165) is 0 Å².